The van der Waals surface area contributed by atoms with Gasteiger partial charge in [-0.1, -0.05) is 13.0 Å². The minimum atomic E-state index is -0.0939. The number of aromatic nitrogens is 2. The van der Waals surface area contributed by atoms with Crippen LogP contribution in [0.25, 0.3) is 0 Å². The highest BCUT2D eigenvalue weighted by Crippen LogP contribution is 2.30. The Balaban J connectivity index is 2.24. The van der Waals surface area contributed by atoms with Crippen LogP contribution < -0.4 is 10.5 Å². The number of aryl methyl sites for hydroxylation is 2. The van der Waals surface area contributed by atoms with E-state index in [2.05, 4.69) is 43.9 Å². The van der Waals surface area contributed by atoms with E-state index in [4.69, 9.17) is 10.5 Å². The van der Waals surface area contributed by atoms with Crippen LogP contribution in [0, 0.1) is 0 Å². The van der Waals surface area contributed by atoms with Gasteiger partial charge in [0, 0.05) is 19.5 Å². The summed E-state index contributed by atoms with van der Waals surface area (Å²) < 4.78 is 9.13. The maximum absolute atomic E-state index is 6.35. The number of benzene rings is 1. The number of nitrogens with two attached hydrogens (primary N) is 1. The van der Waals surface area contributed by atoms with Crippen molar-refractivity contribution in [2.75, 3.05) is 7.11 Å². The zero-order valence-corrected chi connectivity index (χ0v) is 15.5. The van der Waals surface area contributed by atoms with Crippen LogP contribution in [-0.2, 0) is 19.9 Å². The minimum Gasteiger partial charge on any atom is -0.496 e. The highest BCUT2D eigenvalue weighted by atomic mass is 79.9. The third-order valence-electron chi connectivity index (χ3n) is 3.52. The Morgan fingerprint density at radius 3 is 2.62 bits per heavy atom. The fourth-order valence-electron chi connectivity index (χ4n) is 2.28. The SMILES string of the molecule is CCc1nn(C)c(CC(N)c2ccc(OC)c(Br)c2)c1Br. The lowest BCUT2D eigenvalue weighted by Crippen LogP contribution is -2.15. The molecule has 1 aromatic heterocycles. The molecule has 4 nitrogen and oxygen atoms in total. The van der Waals surface area contributed by atoms with Crippen molar-refractivity contribution >= 4 is 31.9 Å². The number of hydrogen-bond acceptors (Lipinski definition) is 3. The molecule has 0 aliphatic heterocycles. The zero-order valence-electron chi connectivity index (χ0n) is 12.4. The van der Waals surface area contributed by atoms with Crippen LogP contribution in [-0.4, -0.2) is 16.9 Å². The summed E-state index contributed by atoms with van der Waals surface area (Å²) in [5.74, 6) is 0.806. The second-order valence-corrected chi connectivity index (χ2v) is 6.54. The van der Waals surface area contributed by atoms with Crippen molar-refractivity contribution < 1.29 is 4.74 Å². The Hall–Kier alpha value is -0.850. The van der Waals surface area contributed by atoms with E-state index in [0.29, 0.717) is 0 Å². The molecule has 1 heterocycles. The summed E-state index contributed by atoms with van der Waals surface area (Å²) in [5, 5.41) is 4.51. The Kier molecular flexibility index (Phi) is 5.46. The number of halogens is 2. The number of rotatable bonds is 5. The molecule has 1 aromatic carbocycles. The van der Waals surface area contributed by atoms with E-state index in [1.807, 2.05) is 29.9 Å². The van der Waals surface area contributed by atoms with Crippen LogP contribution in [0.1, 0.15) is 29.9 Å². The summed E-state index contributed by atoms with van der Waals surface area (Å²) in [6, 6.07) is 5.84. The summed E-state index contributed by atoms with van der Waals surface area (Å²) in [7, 11) is 3.61. The molecule has 21 heavy (non-hydrogen) atoms. The van der Waals surface area contributed by atoms with Gasteiger partial charge in [0.1, 0.15) is 5.75 Å². The van der Waals surface area contributed by atoms with E-state index >= 15 is 0 Å². The third kappa shape index (κ3) is 3.49. The highest BCUT2D eigenvalue weighted by Gasteiger charge is 2.17. The van der Waals surface area contributed by atoms with Crippen LogP contribution in [0.5, 0.6) is 5.75 Å². The number of methoxy groups -OCH3 is 1. The van der Waals surface area contributed by atoms with Gasteiger partial charge < -0.3 is 10.5 Å². The summed E-state index contributed by atoms with van der Waals surface area (Å²) in [5.41, 5.74) is 9.60. The monoisotopic (exact) mass is 415 g/mol. The van der Waals surface area contributed by atoms with E-state index in [-0.39, 0.29) is 6.04 Å². The highest BCUT2D eigenvalue weighted by molar-refractivity contribution is 9.10. The van der Waals surface area contributed by atoms with Crippen LogP contribution >= 0.6 is 31.9 Å². The number of ether oxygens (including phenoxy) is 1. The maximum Gasteiger partial charge on any atom is 0.133 e. The van der Waals surface area contributed by atoms with Gasteiger partial charge in [-0.25, -0.2) is 0 Å². The lowest BCUT2D eigenvalue weighted by Gasteiger charge is -2.14. The maximum atomic E-state index is 6.35. The van der Waals surface area contributed by atoms with Crippen LogP contribution in [0.2, 0.25) is 0 Å². The van der Waals surface area contributed by atoms with Gasteiger partial charge in [-0.3, -0.25) is 4.68 Å². The summed E-state index contributed by atoms with van der Waals surface area (Å²) >= 11 is 7.13. The standard InChI is InChI=1S/C15H19Br2N3O/c1-4-12-15(17)13(20(2)19-12)8-11(18)9-5-6-14(21-3)10(16)7-9/h5-7,11H,4,8,18H2,1-3H3. The molecule has 0 radical (unpaired) electrons. The summed E-state index contributed by atoms with van der Waals surface area (Å²) in [6.45, 7) is 2.09. The second-order valence-electron chi connectivity index (χ2n) is 4.89. The fourth-order valence-corrected chi connectivity index (χ4v) is 3.62. The molecule has 2 rings (SSSR count). The molecule has 0 spiro atoms. The topological polar surface area (TPSA) is 53.1 Å². The Morgan fingerprint density at radius 1 is 1.38 bits per heavy atom. The molecule has 0 aliphatic carbocycles. The van der Waals surface area contributed by atoms with Crippen molar-refractivity contribution in [3.63, 3.8) is 0 Å². The van der Waals surface area contributed by atoms with Gasteiger partial charge in [-0.2, -0.15) is 5.10 Å². The molecule has 0 saturated heterocycles. The van der Waals surface area contributed by atoms with E-state index < -0.39 is 0 Å². The first-order valence-corrected chi connectivity index (χ1v) is 8.35. The van der Waals surface area contributed by atoms with Crippen molar-refractivity contribution in [1.82, 2.24) is 9.78 Å². The fraction of sp³-hybridized carbons (Fsp3) is 0.400. The van der Waals surface area contributed by atoms with Gasteiger partial charge in [0.15, 0.2) is 0 Å². The van der Waals surface area contributed by atoms with E-state index in [0.717, 1.165) is 44.5 Å². The van der Waals surface area contributed by atoms with Gasteiger partial charge in [0.25, 0.3) is 0 Å². The second kappa shape index (κ2) is 6.94. The molecule has 0 amide bonds. The van der Waals surface area contributed by atoms with E-state index in [9.17, 15) is 0 Å². The molecule has 2 N–H and O–H groups in total. The summed E-state index contributed by atoms with van der Waals surface area (Å²) in [6.07, 6.45) is 1.63. The van der Waals surface area contributed by atoms with Gasteiger partial charge in [0.05, 0.1) is 27.4 Å². The van der Waals surface area contributed by atoms with Crippen LogP contribution in [0.4, 0.5) is 0 Å². The number of nitrogens with zero attached hydrogens (tertiary/aromatic N) is 2. The van der Waals surface area contributed by atoms with E-state index in [1.165, 1.54) is 0 Å². The molecule has 1 unspecified atom stereocenters. The molecular formula is C15H19Br2N3O. The molecule has 0 fully saturated rings. The molecule has 0 saturated carbocycles. The largest absolute Gasteiger partial charge is 0.496 e. The van der Waals surface area contributed by atoms with Crippen molar-refractivity contribution in [2.45, 2.75) is 25.8 Å². The molecule has 1 atom stereocenters. The van der Waals surface area contributed by atoms with Crippen molar-refractivity contribution in [3.8, 4) is 5.75 Å². The predicted molar refractivity (Wildman–Crippen MR) is 91.6 cm³/mol. The first kappa shape index (κ1) is 16.5. The van der Waals surface area contributed by atoms with Crippen molar-refractivity contribution in [2.24, 2.45) is 12.8 Å². The minimum absolute atomic E-state index is 0.0939. The van der Waals surface area contributed by atoms with E-state index in [1.54, 1.807) is 7.11 Å². The van der Waals surface area contributed by atoms with Crippen molar-refractivity contribution in [1.29, 1.82) is 0 Å². The van der Waals surface area contributed by atoms with Gasteiger partial charge in [-0.05, 0) is 56.0 Å². The van der Waals surface area contributed by atoms with Crippen molar-refractivity contribution in [3.05, 3.63) is 44.1 Å². The molecule has 0 aliphatic rings. The molecule has 2 aromatic rings. The van der Waals surface area contributed by atoms with Gasteiger partial charge in [-0.15, -0.1) is 0 Å². The Morgan fingerprint density at radius 2 is 2.10 bits per heavy atom. The Labute approximate surface area is 141 Å². The molecule has 0 bridgehead atoms. The van der Waals surface area contributed by atoms with Crippen LogP contribution in [0.15, 0.2) is 27.1 Å². The number of hydrogen-bond donors (Lipinski definition) is 1. The van der Waals surface area contributed by atoms with Gasteiger partial charge >= 0.3 is 0 Å². The molecular weight excluding hydrogens is 398 g/mol. The zero-order chi connectivity index (χ0) is 15.6. The first-order chi connectivity index (χ1) is 9.97. The average molecular weight is 417 g/mol. The average Bonchev–Trinajstić information content (AvgIpc) is 2.74. The van der Waals surface area contributed by atoms with Crippen LogP contribution in [0.3, 0.4) is 0 Å². The summed E-state index contributed by atoms with van der Waals surface area (Å²) in [4.78, 5) is 0. The third-order valence-corrected chi connectivity index (χ3v) is 5.06. The molecule has 114 valence electrons. The lowest BCUT2D eigenvalue weighted by molar-refractivity contribution is 0.412. The Bertz CT molecular complexity index is 640. The quantitative estimate of drug-likeness (QED) is 0.807. The molecule has 6 heteroatoms. The van der Waals surface area contributed by atoms with Gasteiger partial charge in [0.2, 0.25) is 0 Å². The predicted octanol–water partition coefficient (Wildman–Crippen LogP) is 3.76. The lowest BCUT2D eigenvalue weighted by atomic mass is 10.0. The normalized spacial score (nSPS) is 12.5. The smallest absolute Gasteiger partial charge is 0.133 e. The first-order valence-electron chi connectivity index (χ1n) is 6.77.